The number of β-amino-alcohol motifs (C(OH)–C–C–N with tert-alkyl or cyclic N) is 1. The lowest BCUT2D eigenvalue weighted by Gasteiger charge is -2.42. The van der Waals surface area contributed by atoms with Gasteiger partial charge >= 0.3 is 6.09 Å². The number of carbonyl (C=O) groups is 3. The lowest BCUT2D eigenvalue weighted by atomic mass is 9.83. The Kier molecular flexibility index (Phi) is 11.3. The van der Waals surface area contributed by atoms with Gasteiger partial charge in [0, 0.05) is 45.2 Å². The summed E-state index contributed by atoms with van der Waals surface area (Å²) in [5, 5.41) is 18.1. The first-order valence-corrected chi connectivity index (χ1v) is 19.5. The number of aliphatic hydroxyl groups is 1. The highest BCUT2D eigenvalue weighted by molar-refractivity contribution is 7.13. The maximum Gasteiger partial charge on any atom is 0.410 e. The van der Waals surface area contributed by atoms with E-state index < -0.39 is 23.7 Å². The monoisotopic (exact) mass is 734 g/mol. The second-order valence-electron chi connectivity index (χ2n) is 16.2. The van der Waals surface area contributed by atoms with Crippen molar-refractivity contribution in [1.29, 1.82) is 0 Å². The van der Waals surface area contributed by atoms with Gasteiger partial charge in [0.25, 0.3) is 0 Å². The van der Waals surface area contributed by atoms with E-state index in [0.29, 0.717) is 23.4 Å². The number of thiazole rings is 1. The first-order valence-electron chi connectivity index (χ1n) is 18.7. The first kappa shape index (κ1) is 37.8. The van der Waals surface area contributed by atoms with Crippen LogP contribution in [-0.2, 0) is 14.3 Å². The number of nitrogens with zero attached hydrogens (tertiary/aromatic N) is 5. The van der Waals surface area contributed by atoms with Crippen LogP contribution in [0.3, 0.4) is 0 Å². The van der Waals surface area contributed by atoms with Gasteiger partial charge < -0.3 is 34.4 Å². The predicted octanol–water partition coefficient (Wildman–Crippen LogP) is 6.16. The number of anilines is 1. The Morgan fingerprint density at radius 3 is 2.37 bits per heavy atom. The Labute approximate surface area is 310 Å². The van der Waals surface area contributed by atoms with Gasteiger partial charge in [0.1, 0.15) is 17.6 Å². The number of hydrogen-bond donors (Lipinski definition) is 2. The molecule has 3 amide bonds. The fraction of sp³-hybridized carbons (Fsp3) is 0.615. The number of likely N-dealkylation sites (tertiary alicyclic amines) is 2. The number of aliphatic hydroxyl groups excluding tert-OH is 1. The standard InChI is InChI=1S/C39H54N6O6S/c1-23(2)34(32-18-33(42-51-32)44-19-27(20-44)16-26-12-14-43(15-13-26)38(49)50-39(5,6)7)37(48)45-21-30(46)17-31(45)36(47)41-24(3)28-8-10-29(11-9-28)35-25(4)40-22-52-35/h8-11,18,22-24,26-27,30-31,34,46H,12-17,19-21H2,1-7H3,(H,41,47)/t24-,30+,31-,34+/m0/s1. The zero-order valence-corrected chi connectivity index (χ0v) is 32.3. The van der Waals surface area contributed by atoms with Gasteiger partial charge in [-0.15, -0.1) is 11.3 Å². The van der Waals surface area contributed by atoms with Crippen LogP contribution in [0.1, 0.15) is 96.2 Å². The molecule has 2 aromatic heterocycles. The van der Waals surface area contributed by atoms with Crippen LogP contribution in [0, 0.1) is 24.7 Å². The highest BCUT2D eigenvalue weighted by Gasteiger charge is 2.44. The molecule has 2 N–H and O–H groups in total. The minimum absolute atomic E-state index is 0.0862. The van der Waals surface area contributed by atoms with Crippen molar-refractivity contribution in [3.8, 4) is 10.4 Å². The molecule has 6 rings (SSSR count). The average molecular weight is 735 g/mol. The molecule has 3 aliphatic rings. The third kappa shape index (κ3) is 8.62. The average Bonchev–Trinajstić information content (AvgIpc) is 3.82. The summed E-state index contributed by atoms with van der Waals surface area (Å²) in [6, 6.07) is 8.85. The quantitative estimate of drug-likeness (QED) is 0.251. The molecule has 52 heavy (non-hydrogen) atoms. The summed E-state index contributed by atoms with van der Waals surface area (Å²) in [4.78, 5) is 51.2. The fourth-order valence-corrected chi connectivity index (χ4v) is 8.56. The highest BCUT2D eigenvalue weighted by Crippen LogP contribution is 2.36. The molecule has 0 spiro atoms. The van der Waals surface area contributed by atoms with E-state index in [1.165, 1.54) is 4.90 Å². The molecule has 0 radical (unpaired) electrons. The molecule has 282 valence electrons. The Morgan fingerprint density at radius 1 is 1.06 bits per heavy atom. The van der Waals surface area contributed by atoms with E-state index in [2.05, 4.69) is 20.4 Å². The molecule has 0 unspecified atom stereocenters. The number of ether oxygens (including phenoxy) is 1. The lowest BCUT2D eigenvalue weighted by Crippen LogP contribution is -2.49. The second-order valence-corrected chi connectivity index (χ2v) is 17.1. The molecule has 3 fully saturated rings. The molecule has 3 aliphatic heterocycles. The number of amides is 3. The second kappa shape index (κ2) is 15.6. The molecule has 3 aromatic rings. The van der Waals surface area contributed by atoms with Crippen LogP contribution in [-0.4, -0.2) is 93.4 Å². The van der Waals surface area contributed by atoms with Crippen molar-refractivity contribution < 1.29 is 28.8 Å². The van der Waals surface area contributed by atoms with Crippen molar-refractivity contribution in [1.82, 2.24) is 25.3 Å². The van der Waals surface area contributed by atoms with Crippen LogP contribution in [0.25, 0.3) is 10.4 Å². The minimum atomic E-state index is -0.794. The van der Waals surface area contributed by atoms with Crippen molar-refractivity contribution in [2.24, 2.45) is 17.8 Å². The van der Waals surface area contributed by atoms with E-state index >= 15 is 0 Å². The van der Waals surface area contributed by atoms with Crippen LogP contribution < -0.4 is 10.2 Å². The Balaban J connectivity index is 1.02. The SMILES string of the molecule is Cc1ncsc1-c1ccc([C@H](C)NC(=O)[C@@H]2C[C@@H](O)CN2C(=O)[C@@H](c2cc(N3CC(CC4CCN(C(=O)OC(C)(C)C)CC4)C3)no2)C(C)C)cc1. The van der Waals surface area contributed by atoms with E-state index in [9.17, 15) is 19.5 Å². The van der Waals surface area contributed by atoms with E-state index in [-0.39, 0.29) is 42.8 Å². The fourth-order valence-electron chi connectivity index (χ4n) is 7.75. The minimum Gasteiger partial charge on any atom is -0.444 e. The van der Waals surface area contributed by atoms with Crippen LogP contribution in [0.5, 0.6) is 0 Å². The van der Waals surface area contributed by atoms with Crippen LogP contribution in [0.15, 0.2) is 40.4 Å². The van der Waals surface area contributed by atoms with Gasteiger partial charge in [-0.05, 0) is 82.8 Å². The number of hydrogen-bond acceptors (Lipinski definition) is 10. The summed E-state index contributed by atoms with van der Waals surface area (Å²) in [6.07, 6.45) is 2.22. The summed E-state index contributed by atoms with van der Waals surface area (Å²) in [7, 11) is 0. The smallest absolute Gasteiger partial charge is 0.410 e. The summed E-state index contributed by atoms with van der Waals surface area (Å²) in [5.41, 5.74) is 4.36. The Bertz CT molecular complexity index is 1700. The predicted molar refractivity (Wildman–Crippen MR) is 200 cm³/mol. The highest BCUT2D eigenvalue weighted by atomic mass is 32.1. The topological polar surface area (TPSA) is 141 Å². The van der Waals surface area contributed by atoms with Crippen molar-refractivity contribution in [3.63, 3.8) is 0 Å². The van der Waals surface area contributed by atoms with Gasteiger partial charge in [-0.3, -0.25) is 9.59 Å². The number of nitrogens with one attached hydrogen (secondary N) is 1. The number of aromatic nitrogens is 2. The molecule has 1 aromatic carbocycles. The molecule has 4 atom stereocenters. The third-order valence-electron chi connectivity index (χ3n) is 10.6. The third-order valence-corrected chi connectivity index (χ3v) is 11.6. The number of aryl methyl sites for hydroxylation is 1. The Morgan fingerprint density at radius 2 is 1.75 bits per heavy atom. The van der Waals surface area contributed by atoms with E-state index in [4.69, 9.17) is 9.26 Å². The van der Waals surface area contributed by atoms with Crippen molar-refractivity contribution in [2.45, 2.75) is 104 Å². The van der Waals surface area contributed by atoms with Gasteiger partial charge in [0.2, 0.25) is 11.8 Å². The molecule has 5 heterocycles. The number of rotatable bonds is 10. The molecular formula is C39H54N6O6S. The summed E-state index contributed by atoms with van der Waals surface area (Å²) >= 11 is 1.60. The molecular weight excluding hydrogens is 681 g/mol. The molecule has 0 bridgehead atoms. The van der Waals surface area contributed by atoms with Crippen LogP contribution in [0.2, 0.25) is 0 Å². The molecule has 3 saturated heterocycles. The number of piperidine rings is 1. The molecule has 0 aliphatic carbocycles. The van der Waals surface area contributed by atoms with E-state index in [0.717, 1.165) is 67.1 Å². The normalized spacial score (nSPS) is 21.3. The molecule has 0 saturated carbocycles. The maximum absolute atomic E-state index is 14.1. The van der Waals surface area contributed by atoms with Crippen LogP contribution in [0.4, 0.5) is 10.6 Å². The molecule has 12 nitrogen and oxygen atoms in total. The van der Waals surface area contributed by atoms with E-state index in [1.54, 1.807) is 11.3 Å². The summed E-state index contributed by atoms with van der Waals surface area (Å²) in [5.74, 6) is 0.995. The Hall–Kier alpha value is -3.97. The lowest BCUT2D eigenvalue weighted by molar-refractivity contribution is -0.141. The van der Waals surface area contributed by atoms with Crippen molar-refractivity contribution in [2.75, 3.05) is 37.6 Å². The van der Waals surface area contributed by atoms with Gasteiger partial charge in [-0.2, -0.15) is 0 Å². The van der Waals surface area contributed by atoms with E-state index in [1.807, 2.05) is 89.2 Å². The number of benzene rings is 1. The zero-order valence-electron chi connectivity index (χ0n) is 31.5. The maximum atomic E-state index is 14.1. The first-order chi connectivity index (χ1) is 24.7. The zero-order chi connectivity index (χ0) is 37.3. The van der Waals surface area contributed by atoms with Gasteiger partial charge in [0.05, 0.1) is 28.2 Å². The van der Waals surface area contributed by atoms with Crippen molar-refractivity contribution >= 4 is 35.1 Å². The summed E-state index contributed by atoms with van der Waals surface area (Å²) in [6.45, 7) is 16.8. The molecule has 13 heteroatoms. The van der Waals surface area contributed by atoms with Crippen LogP contribution >= 0.6 is 11.3 Å². The van der Waals surface area contributed by atoms with Gasteiger partial charge in [-0.25, -0.2) is 9.78 Å². The van der Waals surface area contributed by atoms with Crippen molar-refractivity contribution in [3.05, 3.63) is 52.9 Å². The van der Waals surface area contributed by atoms with Gasteiger partial charge in [0.15, 0.2) is 11.6 Å². The number of carbonyl (C=O) groups excluding carboxylic acids is 3. The largest absolute Gasteiger partial charge is 0.444 e. The van der Waals surface area contributed by atoms with Gasteiger partial charge in [-0.1, -0.05) is 43.3 Å². The summed E-state index contributed by atoms with van der Waals surface area (Å²) < 4.78 is 11.4.